The summed E-state index contributed by atoms with van der Waals surface area (Å²) in [6.45, 7) is 9.05. The van der Waals surface area contributed by atoms with E-state index in [4.69, 9.17) is 0 Å². The second kappa shape index (κ2) is 3.35. The van der Waals surface area contributed by atoms with E-state index in [0.29, 0.717) is 12.1 Å². The summed E-state index contributed by atoms with van der Waals surface area (Å²) < 4.78 is 0. The van der Waals surface area contributed by atoms with Gasteiger partial charge in [-0.25, -0.2) is 0 Å². The fourth-order valence-electron chi connectivity index (χ4n) is 1.33. The van der Waals surface area contributed by atoms with Gasteiger partial charge in [-0.3, -0.25) is 0 Å². The van der Waals surface area contributed by atoms with Crippen LogP contribution in [-0.2, 0) is 0 Å². The molecule has 0 aromatic rings. The lowest BCUT2D eigenvalue weighted by molar-refractivity contribution is 0.258. The lowest BCUT2D eigenvalue weighted by Gasteiger charge is -2.34. The van der Waals surface area contributed by atoms with Crippen molar-refractivity contribution in [3.63, 3.8) is 0 Å². The monoisotopic (exact) mass is 142 g/mol. The molecule has 0 aliphatic carbocycles. The third kappa shape index (κ3) is 1.96. The average Bonchev–Trinajstić information content (AvgIpc) is 1.55. The van der Waals surface area contributed by atoms with Crippen molar-refractivity contribution in [1.29, 1.82) is 0 Å². The molecule has 1 heterocycles. The highest BCUT2D eigenvalue weighted by atomic mass is 15.0. The summed E-state index contributed by atoms with van der Waals surface area (Å²) in [4.78, 5) is 0. The van der Waals surface area contributed by atoms with Gasteiger partial charge in [0.05, 0.1) is 0 Å². The van der Waals surface area contributed by atoms with Crippen LogP contribution >= 0.6 is 0 Å². The minimum atomic E-state index is 0.621. The molecule has 2 heteroatoms. The highest BCUT2D eigenvalue weighted by molar-refractivity contribution is 4.83. The van der Waals surface area contributed by atoms with E-state index < -0.39 is 0 Å². The maximum Gasteiger partial charge on any atom is 0.00936 e. The Labute approximate surface area is 63.4 Å². The van der Waals surface area contributed by atoms with Crippen LogP contribution in [0.3, 0.4) is 0 Å². The van der Waals surface area contributed by atoms with Gasteiger partial charge in [0, 0.05) is 25.2 Å². The van der Waals surface area contributed by atoms with Crippen LogP contribution in [0.4, 0.5) is 0 Å². The molecule has 1 fully saturated rings. The number of hydrogen-bond donors (Lipinski definition) is 2. The van der Waals surface area contributed by atoms with Gasteiger partial charge in [-0.1, -0.05) is 13.8 Å². The molecule has 0 aromatic heterocycles. The van der Waals surface area contributed by atoms with Crippen molar-refractivity contribution in [2.75, 3.05) is 13.1 Å². The average molecular weight is 142 g/mol. The van der Waals surface area contributed by atoms with Gasteiger partial charge < -0.3 is 10.6 Å². The zero-order valence-electron chi connectivity index (χ0n) is 7.15. The second-order valence-corrected chi connectivity index (χ2v) is 3.53. The first kappa shape index (κ1) is 8.02. The standard InChI is InChI=1S/C8H18N2/c1-6(2)10-7(3)8-4-9-5-8/h6-10H,4-5H2,1-3H3. The summed E-state index contributed by atoms with van der Waals surface area (Å²) in [5.41, 5.74) is 0. The van der Waals surface area contributed by atoms with E-state index in [1.165, 1.54) is 13.1 Å². The normalized spacial score (nSPS) is 22.8. The van der Waals surface area contributed by atoms with Gasteiger partial charge in [-0.15, -0.1) is 0 Å². The molecule has 1 unspecified atom stereocenters. The molecular formula is C8H18N2. The van der Waals surface area contributed by atoms with Crippen molar-refractivity contribution in [3.8, 4) is 0 Å². The van der Waals surface area contributed by atoms with Gasteiger partial charge in [-0.05, 0) is 12.8 Å². The van der Waals surface area contributed by atoms with Crippen molar-refractivity contribution >= 4 is 0 Å². The first-order valence-corrected chi connectivity index (χ1v) is 4.17. The Morgan fingerprint density at radius 2 is 1.90 bits per heavy atom. The predicted octanol–water partition coefficient (Wildman–Crippen LogP) is 0.592. The Morgan fingerprint density at radius 3 is 2.20 bits per heavy atom. The molecule has 60 valence electrons. The Balaban J connectivity index is 2.13. The summed E-state index contributed by atoms with van der Waals surface area (Å²) >= 11 is 0. The van der Waals surface area contributed by atoms with E-state index in [2.05, 4.69) is 31.4 Å². The van der Waals surface area contributed by atoms with Gasteiger partial charge >= 0.3 is 0 Å². The molecule has 1 atom stereocenters. The largest absolute Gasteiger partial charge is 0.316 e. The number of hydrogen-bond acceptors (Lipinski definition) is 2. The van der Waals surface area contributed by atoms with Gasteiger partial charge in [0.15, 0.2) is 0 Å². The highest BCUT2D eigenvalue weighted by Crippen LogP contribution is 2.08. The van der Waals surface area contributed by atoms with Gasteiger partial charge in [0.25, 0.3) is 0 Å². The molecular weight excluding hydrogens is 124 g/mol. The van der Waals surface area contributed by atoms with E-state index in [1.54, 1.807) is 0 Å². The third-order valence-electron chi connectivity index (χ3n) is 2.12. The van der Waals surface area contributed by atoms with E-state index in [0.717, 1.165) is 5.92 Å². The van der Waals surface area contributed by atoms with Crippen LogP contribution in [0.1, 0.15) is 20.8 Å². The lowest BCUT2D eigenvalue weighted by Crippen LogP contribution is -2.53. The quantitative estimate of drug-likeness (QED) is 0.602. The molecule has 0 radical (unpaired) electrons. The fraction of sp³-hybridized carbons (Fsp3) is 1.00. The molecule has 1 saturated heterocycles. The van der Waals surface area contributed by atoms with Crippen molar-refractivity contribution < 1.29 is 0 Å². The van der Waals surface area contributed by atoms with Crippen LogP contribution in [0.25, 0.3) is 0 Å². The highest BCUT2D eigenvalue weighted by Gasteiger charge is 2.23. The van der Waals surface area contributed by atoms with E-state index in [9.17, 15) is 0 Å². The van der Waals surface area contributed by atoms with Crippen molar-refractivity contribution in [2.45, 2.75) is 32.9 Å². The second-order valence-electron chi connectivity index (χ2n) is 3.53. The summed E-state index contributed by atoms with van der Waals surface area (Å²) in [5, 5.41) is 6.78. The molecule has 2 nitrogen and oxygen atoms in total. The first-order valence-electron chi connectivity index (χ1n) is 4.17. The van der Waals surface area contributed by atoms with Crippen molar-refractivity contribution in [1.82, 2.24) is 10.6 Å². The van der Waals surface area contributed by atoms with Gasteiger partial charge in [-0.2, -0.15) is 0 Å². The molecule has 1 aliphatic heterocycles. The molecule has 2 N–H and O–H groups in total. The number of rotatable bonds is 3. The van der Waals surface area contributed by atoms with Crippen LogP contribution in [0, 0.1) is 5.92 Å². The number of nitrogens with one attached hydrogen (secondary N) is 2. The Bertz CT molecular complexity index is 97.4. The SMILES string of the molecule is CC(C)NC(C)C1CNC1. The maximum atomic E-state index is 3.50. The van der Waals surface area contributed by atoms with Gasteiger partial charge in [0.1, 0.15) is 0 Å². The summed E-state index contributed by atoms with van der Waals surface area (Å²) in [6, 6.07) is 1.30. The predicted molar refractivity (Wildman–Crippen MR) is 44.1 cm³/mol. The van der Waals surface area contributed by atoms with E-state index in [1.807, 2.05) is 0 Å². The van der Waals surface area contributed by atoms with Crippen LogP contribution < -0.4 is 10.6 Å². The Hall–Kier alpha value is -0.0800. The molecule has 1 aliphatic rings. The minimum absolute atomic E-state index is 0.621. The molecule has 0 amide bonds. The maximum absolute atomic E-state index is 3.50. The van der Waals surface area contributed by atoms with Crippen molar-refractivity contribution in [3.05, 3.63) is 0 Å². The Kier molecular flexibility index (Phi) is 2.69. The van der Waals surface area contributed by atoms with Crippen LogP contribution in [0.15, 0.2) is 0 Å². The summed E-state index contributed by atoms with van der Waals surface area (Å²) in [5.74, 6) is 0.863. The van der Waals surface area contributed by atoms with Crippen molar-refractivity contribution in [2.24, 2.45) is 5.92 Å². The minimum Gasteiger partial charge on any atom is -0.316 e. The third-order valence-corrected chi connectivity index (χ3v) is 2.12. The van der Waals surface area contributed by atoms with E-state index >= 15 is 0 Å². The summed E-state index contributed by atoms with van der Waals surface area (Å²) in [6.07, 6.45) is 0. The summed E-state index contributed by atoms with van der Waals surface area (Å²) in [7, 11) is 0. The molecule has 1 rings (SSSR count). The van der Waals surface area contributed by atoms with Gasteiger partial charge in [0.2, 0.25) is 0 Å². The molecule has 10 heavy (non-hydrogen) atoms. The molecule has 0 saturated carbocycles. The molecule has 0 spiro atoms. The topological polar surface area (TPSA) is 24.1 Å². The van der Waals surface area contributed by atoms with E-state index in [-0.39, 0.29) is 0 Å². The zero-order valence-corrected chi connectivity index (χ0v) is 7.15. The van der Waals surface area contributed by atoms with Crippen LogP contribution in [0.2, 0.25) is 0 Å². The first-order chi connectivity index (χ1) is 4.70. The lowest BCUT2D eigenvalue weighted by atomic mass is 9.95. The molecule has 0 bridgehead atoms. The Morgan fingerprint density at radius 1 is 1.30 bits per heavy atom. The fourth-order valence-corrected chi connectivity index (χ4v) is 1.33. The molecule has 0 aromatic carbocycles. The zero-order chi connectivity index (χ0) is 7.56. The van der Waals surface area contributed by atoms with Crippen LogP contribution in [0.5, 0.6) is 0 Å². The van der Waals surface area contributed by atoms with Crippen LogP contribution in [-0.4, -0.2) is 25.2 Å². The smallest absolute Gasteiger partial charge is 0.00936 e.